The molecule has 0 amide bonds. The number of hydrogen-bond donors (Lipinski definition) is 0. The molecule has 2 fully saturated rings. The number of aryl methyl sites for hydroxylation is 2. The summed E-state index contributed by atoms with van der Waals surface area (Å²) in [5.41, 5.74) is 3.91. The molecule has 0 saturated heterocycles. The first-order valence-electron chi connectivity index (χ1n) is 13.5. The van der Waals surface area contributed by atoms with Gasteiger partial charge >= 0.3 is 11.9 Å². The van der Waals surface area contributed by atoms with Crippen LogP contribution in [0.3, 0.4) is 0 Å². The van der Waals surface area contributed by atoms with Crippen molar-refractivity contribution in [3.05, 3.63) is 95.3 Å². The molecule has 0 radical (unpaired) electrons. The lowest BCUT2D eigenvalue weighted by Crippen LogP contribution is -3.00. The Labute approximate surface area is 241 Å². The third-order valence-corrected chi connectivity index (χ3v) is 9.26. The zero-order valence-corrected chi connectivity index (χ0v) is 24.1. The van der Waals surface area contributed by atoms with Gasteiger partial charge in [0, 0.05) is 11.5 Å². The molecule has 3 aromatic rings. The Bertz CT molecular complexity index is 1340. The van der Waals surface area contributed by atoms with Crippen LogP contribution in [0, 0.1) is 17.3 Å². The highest BCUT2D eigenvalue weighted by molar-refractivity contribution is 5.91. The van der Waals surface area contributed by atoms with Crippen LogP contribution in [-0.2, 0) is 18.2 Å². The van der Waals surface area contributed by atoms with Gasteiger partial charge in [-0.15, -0.1) is 0 Å². The lowest BCUT2D eigenvalue weighted by molar-refractivity contribution is -0.671. The quantitative estimate of drug-likeness (QED) is 0.194. The van der Waals surface area contributed by atoms with Crippen molar-refractivity contribution < 1.29 is 47.6 Å². The molecule has 2 saturated carbocycles. The summed E-state index contributed by atoms with van der Waals surface area (Å²) < 4.78 is 13.7. The number of nitrogens with zero attached hydrogens (tertiary/aromatic N) is 1. The number of rotatable bonds is 4. The molecule has 1 aromatic heterocycles. The molecule has 2 aromatic carbocycles. The predicted molar refractivity (Wildman–Crippen MR) is 139 cm³/mol. The molecular weight excluding hydrogens is 589 g/mol. The van der Waals surface area contributed by atoms with Crippen LogP contribution in [0.1, 0.15) is 76.8 Å². The summed E-state index contributed by atoms with van der Waals surface area (Å²) >= 11 is 0. The molecule has 3 aliphatic rings. The third-order valence-electron chi connectivity index (χ3n) is 9.26. The van der Waals surface area contributed by atoms with Gasteiger partial charge in [0.25, 0.3) is 0 Å². The highest BCUT2D eigenvalue weighted by Crippen LogP contribution is 2.61. The number of halogens is 1. The first-order chi connectivity index (χ1) is 17.9. The Hall–Kier alpha value is -2.74. The van der Waals surface area contributed by atoms with Crippen molar-refractivity contribution in [2.24, 2.45) is 24.3 Å². The fourth-order valence-electron chi connectivity index (χ4n) is 7.41. The standard InChI is InChI=1S/C32H34NO4.HI/c1-32-17-16-26-25-13-11-24(36-30(34)21-7-4-3-5-8-21)19-22(25)10-12-27(26)28(32)14-15-29(32)37-31(35)23-9-6-18-33(2)20-23;/h3-9,11,13,18-20,26-29H,10,12,14-17H2,1-2H3;1H/q+1;/p-1/t26-,27-,28+,29?,32+;/m1./s1. The van der Waals surface area contributed by atoms with E-state index in [1.807, 2.05) is 60.4 Å². The van der Waals surface area contributed by atoms with Crippen molar-refractivity contribution >= 4 is 11.9 Å². The van der Waals surface area contributed by atoms with E-state index in [-0.39, 0.29) is 47.4 Å². The van der Waals surface area contributed by atoms with E-state index in [1.54, 1.807) is 12.1 Å². The van der Waals surface area contributed by atoms with Crippen molar-refractivity contribution in [3.8, 4) is 5.75 Å². The summed E-state index contributed by atoms with van der Waals surface area (Å²) in [6.07, 6.45) is 10.0. The van der Waals surface area contributed by atoms with Crippen molar-refractivity contribution in [3.63, 3.8) is 0 Å². The van der Waals surface area contributed by atoms with E-state index in [2.05, 4.69) is 19.1 Å². The van der Waals surface area contributed by atoms with Gasteiger partial charge in [-0.2, -0.15) is 0 Å². The molecule has 5 nitrogen and oxygen atoms in total. The summed E-state index contributed by atoms with van der Waals surface area (Å²) in [4.78, 5) is 25.5. The predicted octanol–water partition coefficient (Wildman–Crippen LogP) is 2.82. The average Bonchev–Trinajstić information content (AvgIpc) is 3.24. The third kappa shape index (κ3) is 4.88. The zero-order chi connectivity index (χ0) is 25.6. The van der Waals surface area contributed by atoms with E-state index >= 15 is 0 Å². The maximum absolute atomic E-state index is 12.9. The van der Waals surface area contributed by atoms with E-state index in [0.29, 0.717) is 34.6 Å². The summed E-state index contributed by atoms with van der Waals surface area (Å²) in [7, 11) is 1.92. The van der Waals surface area contributed by atoms with E-state index in [9.17, 15) is 9.59 Å². The van der Waals surface area contributed by atoms with Crippen molar-refractivity contribution in [2.75, 3.05) is 0 Å². The van der Waals surface area contributed by atoms with Crippen LogP contribution in [0.5, 0.6) is 5.75 Å². The number of hydrogen-bond acceptors (Lipinski definition) is 4. The maximum atomic E-state index is 12.9. The molecule has 0 spiro atoms. The summed E-state index contributed by atoms with van der Waals surface area (Å²) in [6, 6.07) is 19.0. The van der Waals surface area contributed by atoms with Crippen LogP contribution in [0.25, 0.3) is 0 Å². The highest BCUT2D eigenvalue weighted by Gasteiger charge is 2.56. The SMILES string of the molecule is C[n+]1cccc(C(=O)OC2CC[C@H]3[C@@H]4CCc5cc(OC(=O)c6ccccc6)ccc5[C@H]4CC[C@]23C)c1.[I-]. The number of esters is 2. The van der Waals surface area contributed by atoms with Gasteiger partial charge < -0.3 is 33.5 Å². The molecule has 5 atom stereocenters. The number of aromatic nitrogens is 1. The van der Waals surface area contributed by atoms with E-state index in [0.717, 1.165) is 38.5 Å². The Morgan fingerprint density at radius 2 is 1.71 bits per heavy atom. The number of ether oxygens (including phenoxy) is 2. The van der Waals surface area contributed by atoms with Crippen LogP contribution in [0.4, 0.5) is 0 Å². The van der Waals surface area contributed by atoms with Gasteiger partial charge in [0.1, 0.15) is 24.5 Å². The Balaban J connectivity index is 0.00000294. The van der Waals surface area contributed by atoms with Gasteiger partial charge in [-0.25, -0.2) is 14.2 Å². The summed E-state index contributed by atoms with van der Waals surface area (Å²) in [5, 5.41) is 0. The van der Waals surface area contributed by atoms with Crippen molar-refractivity contribution in [1.82, 2.24) is 0 Å². The van der Waals surface area contributed by atoms with Gasteiger partial charge in [-0.1, -0.05) is 31.2 Å². The van der Waals surface area contributed by atoms with E-state index in [1.165, 1.54) is 11.1 Å². The first-order valence-corrected chi connectivity index (χ1v) is 13.5. The minimum Gasteiger partial charge on any atom is -1.00 e. The second kappa shape index (κ2) is 10.8. The van der Waals surface area contributed by atoms with Crippen LogP contribution >= 0.6 is 0 Å². The van der Waals surface area contributed by atoms with Crippen LogP contribution < -0.4 is 33.3 Å². The molecule has 6 heteroatoms. The Morgan fingerprint density at radius 1 is 0.921 bits per heavy atom. The zero-order valence-electron chi connectivity index (χ0n) is 21.9. The van der Waals surface area contributed by atoms with Crippen molar-refractivity contribution in [2.45, 2.75) is 57.5 Å². The normalized spacial score (nSPS) is 27.2. The fraction of sp³-hybridized carbons (Fsp3) is 0.406. The lowest BCUT2D eigenvalue weighted by Gasteiger charge is -2.50. The second-order valence-corrected chi connectivity index (χ2v) is 11.3. The fourth-order valence-corrected chi connectivity index (χ4v) is 7.41. The molecule has 3 aliphatic carbocycles. The number of benzene rings is 2. The van der Waals surface area contributed by atoms with Crippen molar-refractivity contribution in [1.29, 1.82) is 0 Å². The highest BCUT2D eigenvalue weighted by atomic mass is 127. The largest absolute Gasteiger partial charge is 1.00 e. The first kappa shape index (κ1) is 26.9. The molecule has 1 heterocycles. The van der Waals surface area contributed by atoms with Crippen LogP contribution in [0.2, 0.25) is 0 Å². The second-order valence-electron chi connectivity index (χ2n) is 11.3. The van der Waals surface area contributed by atoms with Gasteiger partial charge in [0.2, 0.25) is 0 Å². The van der Waals surface area contributed by atoms with Gasteiger partial charge in [0.05, 0.1) is 5.56 Å². The number of pyridine rings is 1. The van der Waals surface area contributed by atoms with Gasteiger partial charge in [-0.3, -0.25) is 0 Å². The summed E-state index contributed by atoms with van der Waals surface area (Å²) in [6.45, 7) is 2.35. The average molecular weight is 624 g/mol. The topological polar surface area (TPSA) is 56.5 Å². The van der Waals surface area contributed by atoms with Crippen LogP contribution in [0.15, 0.2) is 73.1 Å². The summed E-state index contributed by atoms with van der Waals surface area (Å²) in [5.74, 6) is 1.76. The molecule has 1 unspecified atom stereocenters. The van der Waals surface area contributed by atoms with E-state index < -0.39 is 0 Å². The van der Waals surface area contributed by atoms with Gasteiger partial charge in [-0.05, 0) is 97.7 Å². The number of carbonyl (C=O) groups excluding carboxylic acids is 2. The molecule has 0 bridgehead atoms. The molecule has 198 valence electrons. The monoisotopic (exact) mass is 623 g/mol. The smallest absolute Gasteiger partial charge is 0.344 e. The van der Waals surface area contributed by atoms with E-state index in [4.69, 9.17) is 9.47 Å². The maximum Gasteiger partial charge on any atom is 0.344 e. The number of carbonyl (C=O) groups is 2. The lowest BCUT2D eigenvalue weighted by atomic mass is 9.55. The molecular formula is C32H34INO4. The van der Waals surface area contributed by atoms with Gasteiger partial charge in [0.15, 0.2) is 12.4 Å². The minimum absolute atomic E-state index is 0. The molecule has 6 rings (SSSR count). The number of fused-ring (bicyclic) bond motifs is 5. The molecule has 0 aliphatic heterocycles. The molecule has 0 N–H and O–H groups in total. The molecule has 38 heavy (non-hydrogen) atoms. The van der Waals surface area contributed by atoms with Crippen LogP contribution in [-0.4, -0.2) is 18.0 Å². The Morgan fingerprint density at radius 3 is 2.50 bits per heavy atom. The minimum atomic E-state index is -0.321. The Kier molecular flexibility index (Phi) is 7.63.